The number of aliphatic hydroxyl groups is 1. The first-order valence-corrected chi connectivity index (χ1v) is 9.61. The molecule has 2 aromatic heterocycles. The van der Waals surface area contributed by atoms with E-state index in [1.165, 1.54) is 17.7 Å². The third kappa shape index (κ3) is 4.10. The van der Waals surface area contributed by atoms with E-state index in [2.05, 4.69) is 34.2 Å². The average molecular weight is 387 g/mol. The van der Waals surface area contributed by atoms with Gasteiger partial charge in [-0.3, -0.25) is 10.1 Å². The molecule has 0 amide bonds. The molecule has 0 saturated carbocycles. The average Bonchev–Trinajstić information content (AvgIpc) is 3.21. The summed E-state index contributed by atoms with van der Waals surface area (Å²) in [5.74, 6) is -0.124. The summed E-state index contributed by atoms with van der Waals surface area (Å²) in [6, 6.07) is 20.1. The molecule has 2 heterocycles. The van der Waals surface area contributed by atoms with Crippen molar-refractivity contribution in [2.45, 2.75) is 25.4 Å². The second-order valence-corrected chi connectivity index (χ2v) is 7.17. The lowest BCUT2D eigenvalue weighted by Gasteiger charge is -2.17. The zero-order valence-corrected chi connectivity index (χ0v) is 16.1. The zero-order chi connectivity index (χ0) is 20.2. The summed E-state index contributed by atoms with van der Waals surface area (Å²) < 4.78 is 13.4. The van der Waals surface area contributed by atoms with Crippen molar-refractivity contribution >= 4 is 0 Å². The summed E-state index contributed by atoms with van der Waals surface area (Å²) in [7, 11) is 0. The minimum Gasteiger partial charge on any atom is -0.387 e. The van der Waals surface area contributed by atoms with Crippen LogP contribution in [0.2, 0.25) is 0 Å². The van der Waals surface area contributed by atoms with E-state index < -0.39 is 6.10 Å². The van der Waals surface area contributed by atoms with Crippen molar-refractivity contribution in [3.8, 4) is 22.4 Å². The molecule has 0 aliphatic heterocycles. The standard InChI is InChI=1S/C24H22FN3O/c1-16(17-5-3-2-4-6-17)15-21(29)24-22(18-11-13-26-14-12-18)23(27-28-24)19-7-9-20(25)10-8-19/h2-14,16,21,29H,15H2,1H3,(H,27,28). The van der Waals surface area contributed by atoms with E-state index in [1.54, 1.807) is 24.5 Å². The highest BCUT2D eigenvalue weighted by atomic mass is 19.1. The van der Waals surface area contributed by atoms with Crippen LogP contribution in [0.15, 0.2) is 79.1 Å². The van der Waals surface area contributed by atoms with E-state index in [4.69, 9.17) is 0 Å². The van der Waals surface area contributed by atoms with Gasteiger partial charge in [0.15, 0.2) is 0 Å². The number of benzene rings is 2. The van der Waals surface area contributed by atoms with E-state index in [0.717, 1.165) is 16.7 Å². The zero-order valence-electron chi connectivity index (χ0n) is 16.1. The van der Waals surface area contributed by atoms with Gasteiger partial charge in [0.2, 0.25) is 0 Å². The Morgan fingerprint density at radius 2 is 1.62 bits per heavy atom. The lowest BCUT2D eigenvalue weighted by Crippen LogP contribution is -2.05. The first-order chi connectivity index (χ1) is 14.1. The molecule has 5 heteroatoms. The molecule has 2 unspecified atom stereocenters. The van der Waals surface area contributed by atoms with Gasteiger partial charge >= 0.3 is 0 Å². The maximum Gasteiger partial charge on any atom is 0.123 e. The number of nitrogens with one attached hydrogen (secondary N) is 1. The van der Waals surface area contributed by atoms with Crippen molar-refractivity contribution < 1.29 is 9.50 Å². The summed E-state index contributed by atoms with van der Waals surface area (Å²) in [5, 5.41) is 18.5. The van der Waals surface area contributed by atoms with Gasteiger partial charge < -0.3 is 5.11 Å². The molecule has 4 aromatic rings. The van der Waals surface area contributed by atoms with Gasteiger partial charge in [-0.15, -0.1) is 0 Å². The third-order valence-corrected chi connectivity index (χ3v) is 5.16. The van der Waals surface area contributed by atoms with Crippen molar-refractivity contribution in [1.29, 1.82) is 0 Å². The maximum atomic E-state index is 13.4. The van der Waals surface area contributed by atoms with Gasteiger partial charge in [0.1, 0.15) is 11.5 Å². The van der Waals surface area contributed by atoms with Crippen LogP contribution >= 0.6 is 0 Å². The molecule has 0 spiro atoms. The van der Waals surface area contributed by atoms with Crippen LogP contribution in [0.3, 0.4) is 0 Å². The van der Waals surface area contributed by atoms with Crippen LogP contribution in [0.5, 0.6) is 0 Å². The van der Waals surface area contributed by atoms with Crippen molar-refractivity contribution in [1.82, 2.24) is 15.2 Å². The van der Waals surface area contributed by atoms with Crippen molar-refractivity contribution in [2.75, 3.05) is 0 Å². The molecule has 4 rings (SSSR count). The van der Waals surface area contributed by atoms with Gasteiger partial charge in [-0.05, 0) is 59.9 Å². The van der Waals surface area contributed by atoms with E-state index in [9.17, 15) is 9.50 Å². The van der Waals surface area contributed by atoms with Crippen molar-refractivity contribution in [3.63, 3.8) is 0 Å². The minimum absolute atomic E-state index is 0.175. The lowest BCUT2D eigenvalue weighted by atomic mass is 9.91. The van der Waals surface area contributed by atoms with Gasteiger partial charge in [0.25, 0.3) is 0 Å². The van der Waals surface area contributed by atoms with E-state index in [-0.39, 0.29) is 11.7 Å². The number of aromatic amines is 1. The Bertz CT molecular complexity index is 1060. The molecular weight excluding hydrogens is 365 g/mol. The van der Waals surface area contributed by atoms with Crippen molar-refractivity contribution in [3.05, 3.63) is 96.2 Å². The van der Waals surface area contributed by atoms with Gasteiger partial charge in [-0.1, -0.05) is 37.3 Å². The Morgan fingerprint density at radius 3 is 2.31 bits per heavy atom. The summed E-state index contributed by atoms with van der Waals surface area (Å²) in [6.07, 6.45) is 3.24. The molecule has 2 N–H and O–H groups in total. The molecule has 0 aliphatic carbocycles. The number of rotatable bonds is 6. The van der Waals surface area contributed by atoms with Crippen LogP contribution in [-0.2, 0) is 0 Å². The van der Waals surface area contributed by atoms with Crippen LogP contribution in [0.1, 0.15) is 36.6 Å². The smallest absolute Gasteiger partial charge is 0.123 e. The molecule has 146 valence electrons. The highest BCUT2D eigenvalue weighted by Crippen LogP contribution is 2.38. The van der Waals surface area contributed by atoms with Crippen LogP contribution in [0.4, 0.5) is 4.39 Å². The highest BCUT2D eigenvalue weighted by Gasteiger charge is 2.23. The van der Waals surface area contributed by atoms with Crippen LogP contribution in [0, 0.1) is 5.82 Å². The number of hydrogen-bond donors (Lipinski definition) is 2. The van der Waals surface area contributed by atoms with E-state index in [0.29, 0.717) is 17.8 Å². The largest absolute Gasteiger partial charge is 0.387 e. The summed E-state index contributed by atoms with van der Waals surface area (Å²) in [5.41, 5.74) is 5.00. The number of hydrogen-bond acceptors (Lipinski definition) is 3. The number of H-pyrrole nitrogens is 1. The van der Waals surface area contributed by atoms with Gasteiger partial charge in [-0.2, -0.15) is 5.10 Å². The monoisotopic (exact) mass is 387 g/mol. The fourth-order valence-electron chi connectivity index (χ4n) is 3.59. The Hall–Kier alpha value is -3.31. The normalized spacial score (nSPS) is 13.2. The second-order valence-electron chi connectivity index (χ2n) is 7.17. The van der Waals surface area contributed by atoms with E-state index in [1.807, 2.05) is 30.3 Å². The third-order valence-electron chi connectivity index (χ3n) is 5.16. The highest BCUT2D eigenvalue weighted by molar-refractivity contribution is 5.82. The Kier molecular flexibility index (Phi) is 5.49. The minimum atomic E-state index is -0.727. The predicted molar refractivity (Wildman–Crippen MR) is 112 cm³/mol. The molecular formula is C24H22FN3O. The predicted octanol–water partition coefficient (Wildman–Crippen LogP) is 5.51. The number of halogens is 1. The molecule has 0 aliphatic rings. The van der Waals surface area contributed by atoms with Crippen LogP contribution in [-0.4, -0.2) is 20.3 Å². The Balaban J connectivity index is 1.72. The number of nitrogens with zero attached hydrogens (tertiary/aromatic N) is 2. The van der Waals surface area contributed by atoms with Gasteiger partial charge in [0.05, 0.1) is 11.8 Å². The fraction of sp³-hybridized carbons (Fsp3) is 0.167. The van der Waals surface area contributed by atoms with Gasteiger partial charge in [-0.25, -0.2) is 4.39 Å². The van der Waals surface area contributed by atoms with Gasteiger partial charge in [0, 0.05) is 23.5 Å². The van der Waals surface area contributed by atoms with Crippen LogP contribution < -0.4 is 0 Å². The number of pyridine rings is 1. The summed E-state index contributed by atoms with van der Waals surface area (Å²) in [4.78, 5) is 4.09. The molecule has 2 atom stereocenters. The van der Waals surface area contributed by atoms with Crippen LogP contribution in [0.25, 0.3) is 22.4 Å². The molecule has 0 fully saturated rings. The fourth-order valence-corrected chi connectivity index (χ4v) is 3.59. The molecule has 0 bridgehead atoms. The lowest BCUT2D eigenvalue weighted by molar-refractivity contribution is 0.155. The maximum absolute atomic E-state index is 13.4. The number of aliphatic hydroxyl groups excluding tert-OH is 1. The Labute approximate surface area is 169 Å². The molecule has 29 heavy (non-hydrogen) atoms. The Morgan fingerprint density at radius 1 is 0.931 bits per heavy atom. The van der Waals surface area contributed by atoms with E-state index >= 15 is 0 Å². The second kappa shape index (κ2) is 8.37. The molecule has 0 saturated heterocycles. The summed E-state index contributed by atoms with van der Waals surface area (Å²) >= 11 is 0. The quantitative estimate of drug-likeness (QED) is 0.459. The summed E-state index contributed by atoms with van der Waals surface area (Å²) in [6.45, 7) is 2.10. The van der Waals surface area contributed by atoms with Crippen molar-refractivity contribution in [2.24, 2.45) is 0 Å². The first kappa shape index (κ1) is 19.0. The first-order valence-electron chi connectivity index (χ1n) is 9.61. The number of aromatic nitrogens is 3. The molecule has 4 nitrogen and oxygen atoms in total. The SMILES string of the molecule is CC(CC(O)c1[nH]nc(-c2ccc(F)cc2)c1-c1ccncc1)c1ccccc1. The molecule has 0 radical (unpaired) electrons. The topological polar surface area (TPSA) is 61.8 Å². The molecule has 2 aromatic carbocycles.